The summed E-state index contributed by atoms with van der Waals surface area (Å²) in [7, 11) is 0. The molecule has 0 aliphatic carbocycles. The number of rotatable bonds is 4. The Labute approximate surface area is 133 Å². The van der Waals surface area contributed by atoms with Gasteiger partial charge in [-0.25, -0.2) is 0 Å². The number of halogens is 2. The van der Waals surface area contributed by atoms with Crippen molar-refractivity contribution in [2.45, 2.75) is 38.1 Å². The third-order valence-corrected chi connectivity index (χ3v) is 4.50. The van der Waals surface area contributed by atoms with E-state index < -0.39 is 0 Å². The van der Waals surface area contributed by atoms with E-state index in [4.69, 9.17) is 27.7 Å². The van der Waals surface area contributed by atoms with E-state index in [-0.39, 0.29) is 0 Å². The molecule has 1 N–H and O–H groups in total. The van der Waals surface area contributed by atoms with Gasteiger partial charge in [0.05, 0.1) is 10.0 Å². The van der Waals surface area contributed by atoms with Crippen LogP contribution in [0.5, 0.6) is 0 Å². The van der Waals surface area contributed by atoms with Gasteiger partial charge in [0.1, 0.15) is 0 Å². The average Bonchev–Trinajstić information content (AvgIpc) is 2.98. The van der Waals surface area contributed by atoms with Crippen molar-refractivity contribution in [1.29, 1.82) is 0 Å². The summed E-state index contributed by atoms with van der Waals surface area (Å²) in [5.74, 6) is 1.23. The molecule has 0 radical (unpaired) electrons. The van der Waals surface area contributed by atoms with Crippen LogP contribution < -0.4 is 5.32 Å². The zero-order valence-electron chi connectivity index (χ0n) is 11.6. The molecule has 4 nitrogen and oxygen atoms in total. The van der Waals surface area contributed by atoms with Gasteiger partial charge in [0.15, 0.2) is 0 Å². The van der Waals surface area contributed by atoms with Gasteiger partial charge >= 0.3 is 0 Å². The van der Waals surface area contributed by atoms with E-state index in [2.05, 4.69) is 15.5 Å². The first kappa shape index (κ1) is 14.8. The number of piperidine rings is 1. The summed E-state index contributed by atoms with van der Waals surface area (Å²) in [5, 5.41) is 8.55. The van der Waals surface area contributed by atoms with Crippen LogP contribution in [0.1, 0.15) is 31.6 Å². The summed E-state index contributed by atoms with van der Waals surface area (Å²) < 4.78 is 5.32. The second kappa shape index (κ2) is 6.77. The Morgan fingerprint density at radius 2 is 2.14 bits per heavy atom. The standard InChI is InChI=1S/C15H17Cl2N3O/c16-12-6-4-10(9-13(12)17)15-19-14(21-20-15)7-5-11-3-1-2-8-18-11/h4,6,9,11,18H,1-3,5,7-8H2. The van der Waals surface area contributed by atoms with Crippen LogP contribution in [0.15, 0.2) is 22.7 Å². The predicted octanol–water partition coefficient (Wildman–Crippen LogP) is 4.12. The minimum atomic E-state index is 0.493. The number of benzene rings is 1. The lowest BCUT2D eigenvalue weighted by atomic mass is 10.0. The number of hydrogen-bond donors (Lipinski definition) is 1. The average molecular weight is 326 g/mol. The summed E-state index contributed by atoms with van der Waals surface area (Å²) in [6.07, 6.45) is 5.64. The normalized spacial score (nSPS) is 18.9. The molecule has 1 aliphatic heterocycles. The van der Waals surface area contributed by atoms with Crippen LogP contribution >= 0.6 is 23.2 Å². The summed E-state index contributed by atoms with van der Waals surface area (Å²) >= 11 is 11.9. The first-order valence-electron chi connectivity index (χ1n) is 7.24. The highest BCUT2D eigenvalue weighted by molar-refractivity contribution is 6.42. The van der Waals surface area contributed by atoms with Crippen molar-refractivity contribution in [3.63, 3.8) is 0 Å². The Hall–Kier alpha value is -1.10. The Kier molecular flexibility index (Phi) is 4.78. The van der Waals surface area contributed by atoms with Crippen LogP contribution in [-0.2, 0) is 6.42 Å². The van der Waals surface area contributed by atoms with Crippen molar-refractivity contribution >= 4 is 23.2 Å². The van der Waals surface area contributed by atoms with Crippen LogP contribution in [-0.4, -0.2) is 22.7 Å². The van der Waals surface area contributed by atoms with Crippen molar-refractivity contribution in [1.82, 2.24) is 15.5 Å². The third kappa shape index (κ3) is 3.76. The highest BCUT2D eigenvalue weighted by Crippen LogP contribution is 2.27. The Morgan fingerprint density at radius 3 is 2.90 bits per heavy atom. The van der Waals surface area contributed by atoms with E-state index in [0.717, 1.165) is 24.9 Å². The lowest BCUT2D eigenvalue weighted by molar-refractivity contribution is 0.342. The fourth-order valence-corrected chi connectivity index (χ4v) is 2.88. The van der Waals surface area contributed by atoms with Crippen molar-refractivity contribution < 1.29 is 4.52 Å². The summed E-state index contributed by atoms with van der Waals surface area (Å²) in [6, 6.07) is 5.90. The predicted molar refractivity (Wildman–Crippen MR) is 83.7 cm³/mol. The van der Waals surface area contributed by atoms with Gasteiger partial charge in [-0.3, -0.25) is 0 Å². The van der Waals surface area contributed by atoms with Crippen LogP contribution in [0.4, 0.5) is 0 Å². The number of hydrogen-bond acceptors (Lipinski definition) is 4. The van der Waals surface area contributed by atoms with Crippen LogP contribution in [0.25, 0.3) is 11.4 Å². The van der Waals surface area contributed by atoms with Gasteiger partial charge in [0, 0.05) is 18.0 Å². The highest BCUT2D eigenvalue weighted by Gasteiger charge is 2.15. The minimum absolute atomic E-state index is 0.493. The maximum atomic E-state index is 6.01. The highest BCUT2D eigenvalue weighted by atomic mass is 35.5. The second-order valence-corrected chi connectivity index (χ2v) is 6.14. The van der Waals surface area contributed by atoms with Crippen LogP contribution in [0, 0.1) is 0 Å². The fourth-order valence-electron chi connectivity index (χ4n) is 2.58. The summed E-state index contributed by atoms with van der Waals surface area (Å²) in [5.41, 5.74) is 0.815. The number of nitrogens with zero attached hydrogens (tertiary/aromatic N) is 2. The second-order valence-electron chi connectivity index (χ2n) is 5.33. The van der Waals surface area contributed by atoms with Crippen LogP contribution in [0.2, 0.25) is 10.0 Å². The number of aromatic nitrogens is 2. The van der Waals surface area contributed by atoms with Crippen LogP contribution in [0.3, 0.4) is 0 Å². The van der Waals surface area contributed by atoms with Gasteiger partial charge in [-0.2, -0.15) is 4.98 Å². The Bertz CT molecular complexity index is 609. The Balaban J connectivity index is 1.63. The molecular formula is C15H17Cl2N3O. The molecule has 0 bridgehead atoms. The number of aryl methyl sites for hydroxylation is 1. The zero-order chi connectivity index (χ0) is 14.7. The first-order chi connectivity index (χ1) is 10.2. The molecule has 1 saturated heterocycles. The van der Waals surface area contributed by atoms with Gasteiger partial charge in [-0.05, 0) is 44.0 Å². The molecule has 1 aliphatic rings. The molecule has 1 unspecified atom stereocenters. The largest absolute Gasteiger partial charge is 0.339 e. The molecule has 1 aromatic heterocycles. The van der Waals surface area contributed by atoms with Crippen molar-refractivity contribution in [2.75, 3.05) is 6.54 Å². The maximum absolute atomic E-state index is 6.01. The van der Waals surface area contributed by atoms with Crippen molar-refractivity contribution in [2.24, 2.45) is 0 Å². The first-order valence-corrected chi connectivity index (χ1v) is 7.99. The van der Waals surface area contributed by atoms with E-state index >= 15 is 0 Å². The lowest BCUT2D eigenvalue weighted by Gasteiger charge is -2.22. The van der Waals surface area contributed by atoms with E-state index in [0.29, 0.717) is 27.8 Å². The van der Waals surface area contributed by atoms with Gasteiger partial charge in [0.2, 0.25) is 11.7 Å². The molecule has 0 amide bonds. The fraction of sp³-hybridized carbons (Fsp3) is 0.467. The molecule has 1 aromatic carbocycles. The van der Waals surface area contributed by atoms with Gasteiger partial charge in [-0.1, -0.05) is 34.8 Å². The molecule has 0 spiro atoms. The quantitative estimate of drug-likeness (QED) is 0.918. The maximum Gasteiger partial charge on any atom is 0.227 e. The monoisotopic (exact) mass is 325 g/mol. The third-order valence-electron chi connectivity index (χ3n) is 3.76. The summed E-state index contributed by atoms with van der Waals surface area (Å²) in [4.78, 5) is 4.43. The zero-order valence-corrected chi connectivity index (χ0v) is 13.1. The molecule has 6 heteroatoms. The van der Waals surface area contributed by atoms with Crippen molar-refractivity contribution in [3.8, 4) is 11.4 Å². The van der Waals surface area contributed by atoms with E-state index in [1.54, 1.807) is 12.1 Å². The van der Waals surface area contributed by atoms with E-state index in [1.165, 1.54) is 19.3 Å². The van der Waals surface area contributed by atoms with Gasteiger partial charge in [-0.15, -0.1) is 0 Å². The molecule has 1 fully saturated rings. The minimum Gasteiger partial charge on any atom is -0.339 e. The van der Waals surface area contributed by atoms with Gasteiger partial charge < -0.3 is 9.84 Å². The molecule has 3 rings (SSSR count). The molecular weight excluding hydrogens is 309 g/mol. The van der Waals surface area contributed by atoms with Crippen molar-refractivity contribution in [3.05, 3.63) is 34.1 Å². The molecule has 2 heterocycles. The Morgan fingerprint density at radius 1 is 1.24 bits per heavy atom. The van der Waals surface area contributed by atoms with E-state index in [1.807, 2.05) is 6.07 Å². The molecule has 21 heavy (non-hydrogen) atoms. The van der Waals surface area contributed by atoms with Gasteiger partial charge in [0.25, 0.3) is 0 Å². The summed E-state index contributed by atoms with van der Waals surface area (Å²) in [6.45, 7) is 1.11. The SMILES string of the molecule is Clc1ccc(-c2noc(CCC3CCCCN3)n2)cc1Cl. The topological polar surface area (TPSA) is 51.0 Å². The lowest BCUT2D eigenvalue weighted by Crippen LogP contribution is -2.34. The van der Waals surface area contributed by atoms with E-state index in [9.17, 15) is 0 Å². The molecule has 0 saturated carbocycles. The smallest absolute Gasteiger partial charge is 0.227 e. The molecule has 1 atom stereocenters. The molecule has 112 valence electrons. The molecule has 2 aromatic rings. The number of nitrogens with one attached hydrogen (secondary N) is 1.